The van der Waals surface area contributed by atoms with Crippen molar-refractivity contribution in [1.82, 2.24) is 0 Å². The van der Waals surface area contributed by atoms with Crippen LogP contribution < -0.4 is 19.1 Å². The van der Waals surface area contributed by atoms with E-state index < -0.39 is 12.1 Å². The molecule has 1 heterocycles. The number of esters is 1. The molecule has 2 aromatic rings. The molecule has 158 valence electrons. The fourth-order valence-electron chi connectivity index (χ4n) is 3.41. The quantitative estimate of drug-likeness (QED) is 0.514. The smallest absolute Gasteiger partial charge is 0.331 e. The van der Waals surface area contributed by atoms with E-state index in [-0.39, 0.29) is 5.91 Å². The van der Waals surface area contributed by atoms with Crippen molar-refractivity contribution in [3.63, 3.8) is 0 Å². The number of nitrogens with zero attached hydrogens (tertiary/aromatic N) is 1. The molecule has 0 N–H and O–H groups in total. The number of ether oxygens (including phenoxy) is 4. The molecule has 0 aromatic heterocycles. The Morgan fingerprint density at radius 3 is 2.33 bits per heavy atom. The van der Waals surface area contributed by atoms with E-state index in [0.29, 0.717) is 29.4 Å². The zero-order valence-corrected chi connectivity index (χ0v) is 17.5. The Labute approximate surface area is 175 Å². The molecule has 0 bridgehead atoms. The molecule has 0 saturated carbocycles. The minimum Gasteiger partial charge on any atom is -0.493 e. The van der Waals surface area contributed by atoms with E-state index >= 15 is 0 Å². The van der Waals surface area contributed by atoms with Crippen LogP contribution >= 0.6 is 0 Å². The summed E-state index contributed by atoms with van der Waals surface area (Å²) in [4.78, 5) is 26.7. The molecule has 30 heavy (non-hydrogen) atoms. The summed E-state index contributed by atoms with van der Waals surface area (Å²) < 4.78 is 21.2. The topological polar surface area (TPSA) is 74.3 Å². The molecule has 1 atom stereocenters. The summed E-state index contributed by atoms with van der Waals surface area (Å²) in [5.74, 6) is 0.554. The van der Waals surface area contributed by atoms with Gasteiger partial charge < -0.3 is 23.8 Å². The highest BCUT2D eigenvalue weighted by Crippen LogP contribution is 2.38. The van der Waals surface area contributed by atoms with Crippen molar-refractivity contribution in [2.75, 3.05) is 32.8 Å². The number of rotatable bonds is 7. The van der Waals surface area contributed by atoms with Crippen LogP contribution in [0.4, 0.5) is 5.69 Å². The molecule has 7 heteroatoms. The predicted molar refractivity (Wildman–Crippen MR) is 113 cm³/mol. The Morgan fingerprint density at radius 2 is 1.70 bits per heavy atom. The highest BCUT2D eigenvalue weighted by atomic mass is 16.5. The number of carbonyl (C=O) groups is 2. The highest BCUT2D eigenvalue weighted by Gasteiger charge is 2.29. The lowest BCUT2D eigenvalue weighted by molar-refractivity contribution is -0.149. The van der Waals surface area contributed by atoms with Crippen LogP contribution in [-0.4, -0.2) is 45.9 Å². The van der Waals surface area contributed by atoms with Crippen molar-refractivity contribution in [2.45, 2.75) is 19.4 Å². The lowest BCUT2D eigenvalue weighted by Crippen LogP contribution is -2.38. The van der Waals surface area contributed by atoms with E-state index in [1.165, 1.54) is 27.4 Å². The first-order chi connectivity index (χ1) is 14.5. The number of hydrogen-bond donors (Lipinski definition) is 0. The van der Waals surface area contributed by atoms with Crippen molar-refractivity contribution < 1.29 is 28.5 Å². The van der Waals surface area contributed by atoms with E-state index in [2.05, 4.69) is 0 Å². The van der Waals surface area contributed by atoms with Crippen LogP contribution in [0, 0.1) is 0 Å². The van der Waals surface area contributed by atoms with Gasteiger partial charge in [-0.15, -0.1) is 0 Å². The largest absolute Gasteiger partial charge is 0.493 e. The molecule has 0 saturated heterocycles. The van der Waals surface area contributed by atoms with E-state index in [1.807, 2.05) is 24.3 Å². The summed E-state index contributed by atoms with van der Waals surface area (Å²) in [6.07, 6.45) is 2.73. The number of fused-ring (bicyclic) bond motifs is 1. The molecular weight excluding hydrogens is 386 g/mol. The van der Waals surface area contributed by atoms with Gasteiger partial charge in [-0.3, -0.25) is 4.79 Å². The monoisotopic (exact) mass is 411 g/mol. The number of anilines is 1. The first-order valence-corrected chi connectivity index (χ1v) is 9.56. The van der Waals surface area contributed by atoms with E-state index in [9.17, 15) is 9.59 Å². The maximum atomic E-state index is 12.7. The molecule has 1 unspecified atom stereocenters. The van der Waals surface area contributed by atoms with Crippen LogP contribution in [0.25, 0.3) is 6.08 Å². The molecule has 3 rings (SSSR count). The van der Waals surface area contributed by atoms with Crippen LogP contribution in [0.3, 0.4) is 0 Å². The van der Waals surface area contributed by atoms with Crippen molar-refractivity contribution in [3.8, 4) is 17.2 Å². The summed E-state index contributed by atoms with van der Waals surface area (Å²) in [6.45, 7) is 2.16. The van der Waals surface area contributed by atoms with Gasteiger partial charge in [0.2, 0.25) is 5.75 Å². The summed E-state index contributed by atoms with van der Waals surface area (Å²) in [5, 5.41) is 0. The summed E-state index contributed by atoms with van der Waals surface area (Å²) in [6, 6.07) is 11.2. The molecule has 0 spiro atoms. The number of hydrogen-bond acceptors (Lipinski definition) is 6. The molecule has 1 aliphatic heterocycles. The van der Waals surface area contributed by atoms with Crippen LogP contribution in [0.15, 0.2) is 42.5 Å². The van der Waals surface area contributed by atoms with Gasteiger partial charge in [-0.05, 0) is 48.7 Å². The SMILES string of the molecule is COc1cc(/C=C/C(=O)OC(C)C(=O)N2CCc3ccccc32)cc(OC)c1OC. The van der Waals surface area contributed by atoms with E-state index in [0.717, 1.165) is 17.7 Å². The van der Waals surface area contributed by atoms with Crippen molar-refractivity contribution in [3.05, 3.63) is 53.6 Å². The Balaban J connectivity index is 1.67. The summed E-state index contributed by atoms with van der Waals surface area (Å²) in [5.41, 5.74) is 2.65. The average Bonchev–Trinajstić information content (AvgIpc) is 3.20. The van der Waals surface area contributed by atoms with Gasteiger partial charge in [0, 0.05) is 18.3 Å². The van der Waals surface area contributed by atoms with Gasteiger partial charge in [-0.2, -0.15) is 0 Å². The Kier molecular flexibility index (Phi) is 6.61. The zero-order chi connectivity index (χ0) is 21.7. The standard InChI is InChI=1S/C23H25NO6/c1-15(23(26)24-12-11-17-7-5-6-8-18(17)24)30-21(25)10-9-16-13-19(27-2)22(29-4)20(14-16)28-3/h5-10,13-15H,11-12H2,1-4H3/b10-9+. The number of para-hydroxylation sites is 1. The van der Waals surface area contributed by atoms with Crippen molar-refractivity contribution in [1.29, 1.82) is 0 Å². The maximum Gasteiger partial charge on any atom is 0.331 e. The van der Waals surface area contributed by atoms with Crippen LogP contribution in [-0.2, 0) is 20.7 Å². The molecule has 1 amide bonds. The van der Waals surface area contributed by atoms with Crippen LogP contribution in [0.2, 0.25) is 0 Å². The van der Waals surface area contributed by atoms with Gasteiger partial charge in [0.05, 0.1) is 21.3 Å². The van der Waals surface area contributed by atoms with Crippen molar-refractivity contribution >= 4 is 23.6 Å². The summed E-state index contributed by atoms with van der Waals surface area (Å²) >= 11 is 0. The van der Waals surface area contributed by atoms with Gasteiger partial charge in [0.25, 0.3) is 5.91 Å². The second-order valence-electron chi connectivity index (χ2n) is 6.74. The summed E-state index contributed by atoms with van der Waals surface area (Å²) in [7, 11) is 4.55. The molecule has 1 aliphatic rings. The van der Waals surface area contributed by atoms with Gasteiger partial charge in [-0.25, -0.2) is 4.79 Å². The predicted octanol–water partition coefficient (Wildman–Crippen LogP) is 3.25. The third-order valence-electron chi connectivity index (χ3n) is 4.89. The fraction of sp³-hybridized carbons (Fsp3) is 0.304. The minimum absolute atomic E-state index is 0.241. The highest BCUT2D eigenvalue weighted by molar-refractivity contribution is 6.00. The third-order valence-corrected chi connectivity index (χ3v) is 4.89. The number of carbonyl (C=O) groups excluding carboxylic acids is 2. The first kappa shape index (κ1) is 21.2. The maximum absolute atomic E-state index is 12.7. The van der Waals surface area contributed by atoms with Gasteiger partial charge in [0.15, 0.2) is 17.6 Å². The molecule has 0 radical (unpaired) electrons. The Morgan fingerprint density at radius 1 is 1.03 bits per heavy atom. The molecule has 0 aliphatic carbocycles. The lowest BCUT2D eigenvalue weighted by Gasteiger charge is -2.21. The molecular formula is C23H25NO6. The normalized spacial score (nSPS) is 13.7. The second kappa shape index (κ2) is 9.35. The number of benzene rings is 2. The lowest BCUT2D eigenvalue weighted by atomic mass is 10.1. The van der Waals surface area contributed by atoms with Crippen molar-refractivity contribution in [2.24, 2.45) is 0 Å². The second-order valence-corrected chi connectivity index (χ2v) is 6.74. The van der Waals surface area contributed by atoms with E-state index in [4.69, 9.17) is 18.9 Å². The Bertz CT molecular complexity index is 943. The molecule has 2 aromatic carbocycles. The van der Waals surface area contributed by atoms with Gasteiger partial charge in [-0.1, -0.05) is 18.2 Å². The van der Waals surface area contributed by atoms with Crippen LogP contribution in [0.1, 0.15) is 18.1 Å². The zero-order valence-electron chi connectivity index (χ0n) is 17.5. The average molecular weight is 411 g/mol. The minimum atomic E-state index is -0.895. The Hall–Kier alpha value is -3.48. The van der Waals surface area contributed by atoms with Gasteiger partial charge >= 0.3 is 5.97 Å². The molecule has 0 fully saturated rings. The van der Waals surface area contributed by atoms with E-state index in [1.54, 1.807) is 30.0 Å². The van der Waals surface area contributed by atoms with Gasteiger partial charge in [0.1, 0.15) is 0 Å². The number of amides is 1. The first-order valence-electron chi connectivity index (χ1n) is 9.56. The fourth-order valence-corrected chi connectivity index (χ4v) is 3.41. The molecule has 7 nitrogen and oxygen atoms in total. The third kappa shape index (κ3) is 4.40. The van der Waals surface area contributed by atoms with Crippen LogP contribution in [0.5, 0.6) is 17.2 Å². The number of methoxy groups -OCH3 is 3.